The molecule has 0 saturated carbocycles. The quantitative estimate of drug-likeness (QED) is 0.706. The molecular formula is C22H29NO3. The Morgan fingerprint density at radius 3 is 2.46 bits per heavy atom. The minimum absolute atomic E-state index is 0.00734. The maximum Gasteiger partial charge on any atom is 0.252 e. The van der Waals surface area contributed by atoms with Crippen LogP contribution in [-0.2, 0) is 9.47 Å². The molecule has 0 spiro atoms. The van der Waals surface area contributed by atoms with Crippen LogP contribution in [0.5, 0.6) is 0 Å². The molecule has 0 radical (unpaired) electrons. The van der Waals surface area contributed by atoms with Crippen molar-refractivity contribution in [3.05, 3.63) is 52.6 Å². The Kier molecular flexibility index (Phi) is 5.64. The largest absolute Gasteiger partial charge is 0.352 e. The molecule has 2 aliphatic rings. The van der Waals surface area contributed by atoms with Gasteiger partial charge in [0.1, 0.15) is 0 Å². The van der Waals surface area contributed by atoms with Crippen molar-refractivity contribution in [2.75, 3.05) is 6.54 Å². The summed E-state index contributed by atoms with van der Waals surface area (Å²) >= 11 is 0. The van der Waals surface area contributed by atoms with Gasteiger partial charge in [0.15, 0.2) is 5.79 Å². The van der Waals surface area contributed by atoms with Crippen LogP contribution in [0.15, 0.2) is 30.4 Å². The number of carbonyl (C=O) groups is 1. The van der Waals surface area contributed by atoms with Gasteiger partial charge in [-0.3, -0.25) is 4.79 Å². The number of nitrogens with one attached hydrogen (secondary N) is 1. The molecule has 1 N–H and O–H groups in total. The fourth-order valence-corrected chi connectivity index (χ4v) is 3.79. The minimum atomic E-state index is -0.548. The van der Waals surface area contributed by atoms with Gasteiger partial charge >= 0.3 is 0 Å². The summed E-state index contributed by atoms with van der Waals surface area (Å²) in [7, 11) is 0. The van der Waals surface area contributed by atoms with E-state index in [-0.39, 0.29) is 18.1 Å². The van der Waals surface area contributed by atoms with E-state index in [0.717, 1.165) is 41.5 Å². The first-order valence-electron chi connectivity index (χ1n) is 9.42. The van der Waals surface area contributed by atoms with Gasteiger partial charge in [0.2, 0.25) is 0 Å². The number of hydrogen-bond donors (Lipinski definition) is 1. The zero-order chi connectivity index (χ0) is 18.7. The maximum absolute atomic E-state index is 12.7. The molecule has 0 aromatic heterocycles. The van der Waals surface area contributed by atoms with Crippen molar-refractivity contribution in [2.45, 2.75) is 65.0 Å². The van der Waals surface area contributed by atoms with E-state index in [4.69, 9.17) is 9.47 Å². The fraction of sp³-hybridized carbons (Fsp3) is 0.500. The van der Waals surface area contributed by atoms with Gasteiger partial charge in [0.25, 0.3) is 5.91 Å². The molecule has 1 fully saturated rings. The van der Waals surface area contributed by atoms with Gasteiger partial charge in [0.05, 0.1) is 12.2 Å². The van der Waals surface area contributed by atoms with Crippen LogP contribution in [0.2, 0.25) is 0 Å². The van der Waals surface area contributed by atoms with Crippen molar-refractivity contribution >= 4 is 12.0 Å². The highest BCUT2D eigenvalue weighted by atomic mass is 16.7. The summed E-state index contributed by atoms with van der Waals surface area (Å²) in [5.74, 6) is -0.555. The molecular weight excluding hydrogens is 326 g/mol. The van der Waals surface area contributed by atoms with Gasteiger partial charge in [-0.15, -0.1) is 0 Å². The van der Waals surface area contributed by atoms with E-state index in [1.165, 1.54) is 0 Å². The fourth-order valence-electron chi connectivity index (χ4n) is 3.79. The molecule has 4 nitrogen and oxygen atoms in total. The number of benzene rings is 1. The Hall–Kier alpha value is -1.91. The Balaban J connectivity index is 1.91. The highest BCUT2D eigenvalue weighted by Gasteiger charge is 2.39. The lowest BCUT2D eigenvalue weighted by Gasteiger charge is -2.16. The number of rotatable bonds is 0. The topological polar surface area (TPSA) is 47.6 Å². The summed E-state index contributed by atoms with van der Waals surface area (Å²) in [5, 5.41) is 3.03. The molecule has 3 rings (SSSR count). The van der Waals surface area contributed by atoms with Crippen LogP contribution in [-0.4, -0.2) is 30.4 Å². The Morgan fingerprint density at radius 1 is 1.04 bits per heavy atom. The lowest BCUT2D eigenvalue weighted by Crippen LogP contribution is -2.26. The standard InChI is InChI=1S/C22H29NO3/c1-15-13-16(2)20-17(14-15)9-8-11-19-18(25-22(3,4)26-19)10-6-5-7-12-23-21(20)24/h5-6,8-9,13-14,18-19H,7,10-12H2,1-4H3,(H,23,24)/b6-5-,9-8+/t18?,19-/m0/s1. The summed E-state index contributed by atoms with van der Waals surface area (Å²) in [4.78, 5) is 12.7. The molecule has 2 aliphatic heterocycles. The predicted molar refractivity (Wildman–Crippen MR) is 104 cm³/mol. The molecule has 2 atom stereocenters. The van der Waals surface area contributed by atoms with Gasteiger partial charge < -0.3 is 14.8 Å². The number of hydrogen-bond acceptors (Lipinski definition) is 3. The van der Waals surface area contributed by atoms with Crippen LogP contribution in [0.4, 0.5) is 0 Å². The molecule has 4 heteroatoms. The van der Waals surface area contributed by atoms with Crippen LogP contribution in [0.1, 0.15) is 60.2 Å². The Bertz CT molecular complexity index is 733. The molecule has 26 heavy (non-hydrogen) atoms. The number of carbonyl (C=O) groups excluding carboxylic acids is 1. The normalized spacial score (nSPS) is 28.4. The first kappa shape index (κ1) is 18.9. The lowest BCUT2D eigenvalue weighted by molar-refractivity contribution is -0.145. The molecule has 1 aromatic carbocycles. The van der Waals surface area contributed by atoms with Crippen LogP contribution < -0.4 is 5.32 Å². The second kappa shape index (κ2) is 7.77. The number of fused-ring (bicyclic) bond motifs is 2. The second-order valence-corrected chi connectivity index (χ2v) is 7.65. The molecule has 1 amide bonds. The number of ether oxygens (including phenoxy) is 2. The molecule has 140 valence electrons. The van der Waals surface area contributed by atoms with E-state index in [2.05, 4.69) is 42.6 Å². The van der Waals surface area contributed by atoms with Crippen LogP contribution in [0, 0.1) is 13.8 Å². The number of amides is 1. The summed E-state index contributed by atoms with van der Waals surface area (Å²) in [5.41, 5.74) is 3.88. The SMILES string of the molecule is Cc1cc(C)c2c(c1)/C=C/C[C@@H]1OC(C)(C)OC1C/C=C\CCNC2=O. The van der Waals surface area contributed by atoms with Crippen LogP contribution >= 0.6 is 0 Å². The minimum Gasteiger partial charge on any atom is -0.352 e. The van der Waals surface area contributed by atoms with E-state index >= 15 is 0 Å². The van der Waals surface area contributed by atoms with Gasteiger partial charge in [-0.25, -0.2) is 0 Å². The molecule has 0 aliphatic carbocycles. The summed E-state index contributed by atoms with van der Waals surface area (Å²) in [6.07, 6.45) is 10.9. The highest BCUT2D eigenvalue weighted by Crippen LogP contribution is 2.32. The Morgan fingerprint density at radius 2 is 1.73 bits per heavy atom. The van der Waals surface area contributed by atoms with E-state index in [1.54, 1.807) is 0 Å². The van der Waals surface area contributed by atoms with Gasteiger partial charge in [0, 0.05) is 12.1 Å². The van der Waals surface area contributed by atoms with E-state index in [9.17, 15) is 4.79 Å². The van der Waals surface area contributed by atoms with E-state index in [1.807, 2.05) is 26.8 Å². The van der Waals surface area contributed by atoms with Crippen LogP contribution in [0.25, 0.3) is 6.08 Å². The third-order valence-corrected chi connectivity index (χ3v) is 4.82. The van der Waals surface area contributed by atoms with Crippen molar-refractivity contribution < 1.29 is 14.3 Å². The molecule has 1 unspecified atom stereocenters. The second-order valence-electron chi connectivity index (χ2n) is 7.65. The van der Waals surface area contributed by atoms with E-state index < -0.39 is 5.79 Å². The summed E-state index contributed by atoms with van der Waals surface area (Å²) in [6.45, 7) is 8.61. The summed E-state index contributed by atoms with van der Waals surface area (Å²) < 4.78 is 12.1. The van der Waals surface area contributed by atoms with Crippen molar-refractivity contribution in [3.63, 3.8) is 0 Å². The zero-order valence-corrected chi connectivity index (χ0v) is 16.2. The third-order valence-electron chi connectivity index (χ3n) is 4.82. The molecule has 2 heterocycles. The predicted octanol–water partition coefficient (Wildman–Crippen LogP) is 4.31. The monoisotopic (exact) mass is 355 g/mol. The third kappa shape index (κ3) is 4.43. The number of aryl methyl sites for hydroxylation is 2. The zero-order valence-electron chi connectivity index (χ0n) is 16.2. The van der Waals surface area contributed by atoms with Crippen molar-refractivity contribution in [1.82, 2.24) is 5.32 Å². The lowest BCUT2D eigenvalue weighted by atomic mass is 9.97. The smallest absolute Gasteiger partial charge is 0.252 e. The van der Waals surface area contributed by atoms with E-state index in [0.29, 0.717) is 6.54 Å². The first-order valence-corrected chi connectivity index (χ1v) is 9.42. The average molecular weight is 355 g/mol. The van der Waals surface area contributed by atoms with Gasteiger partial charge in [-0.1, -0.05) is 42.0 Å². The van der Waals surface area contributed by atoms with Crippen molar-refractivity contribution in [2.24, 2.45) is 0 Å². The summed E-state index contributed by atoms with van der Waals surface area (Å²) in [6, 6.07) is 4.12. The van der Waals surface area contributed by atoms with Crippen molar-refractivity contribution in [3.8, 4) is 0 Å². The van der Waals surface area contributed by atoms with Gasteiger partial charge in [-0.05, 0) is 58.1 Å². The molecule has 1 saturated heterocycles. The van der Waals surface area contributed by atoms with Crippen molar-refractivity contribution in [1.29, 1.82) is 0 Å². The first-order chi connectivity index (χ1) is 12.4. The highest BCUT2D eigenvalue weighted by molar-refractivity contribution is 5.99. The molecule has 1 aromatic rings. The van der Waals surface area contributed by atoms with Gasteiger partial charge in [-0.2, -0.15) is 0 Å². The maximum atomic E-state index is 12.7. The molecule has 0 bridgehead atoms. The van der Waals surface area contributed by atoms with Crippen LogP contribution in [0.3, 0.4) is 0 Å². The average Bonchev–Trinajstić information content (AvgIpc) is 2.83. The Labute approximate surface area is 156 Å².